The monoisotopic (exact) mass is 358 g/mol. The molecule has 0 aliphatic heterocycles. The predicted molar refractivity (Wildman–Crippen MR) is 98.8 cm³/mol. The molecule has 0 saturated carbocycles. The summed E-state index contributed by atoms with van der Waals surface area (Å²) in [4.78, 5) is 21.9. The predicted octanol–water partition coefficient (Wildman–Crippen LogP) is 3.99. The van der Waals surface area contributed by atoms with Crippen LogP contribution in [-0.4, -0.2) is 19.7 Å². The first-order chi connectivity index (χ1) is 12.0. The van der Waals surface area contributed by atoms with E-state index in [1.807, 2.05) is 31.2 Å². The molecule has 0 radical (unpaired) electrons. The lowest BCUT2D eigenvalue weighted by Gasteiger charge is -2.15. The van der Waals surface area contributed by atoms with Crippen LogP contribution in [-0.2, 0) is 6.54 Å². The maximum absolute atomic E-state index is 12.9. The molecule has 0 saturated heterocycles. The number of benzene rings is 1. The zero-order chi connectivity index (χ0) is 18.0. The Bertz CT molecular complexity index is 932. The Hall–Kier alpha value is -2.15. The Kier molecular flexibility index (Phi) is 5.22. The van der Waals surface area contributed by atoms with Gasteiger partial charge >= 0.3 is 0 Å². The number of aryl methyl sites for hydroxylation is 1. The van der Waals surface area contributed by atoms with Gasteiger partial charge in [-0.2, -0.15) is 4.98 Å². The van der Waals surface area contributed by atoms with Crippen LogP contribution in [0, 0.1) is 12.8 Å². The van der Waals surface area contributed by atoms with Gasteiger partial charge in [-0.15, -0.1) is 0 Å². The van der Waals surface area contributed by atoms with Gasteiger partial charge in [-0.05, 0) is 38.3 Å². The first-order valence-electron chi connectivity index (χ1n) is 8.42. The van der Waals surface area contributed by atoms with Crippen LogP contribution < -0.4 is 5.56 Å². The Labute approximate surface area is 150 Å². The van der Waals surface area contributed by atoms with Gasteiger partial charge in [0.2, 0.25) is 5.89 Å². The van der Waals surface area contributed by atoms with Crippen LogP contribution in [0.4, 0.5) is 0 Å². The van der Waals surface area contributed by atoms with Crippen molar-refractivity contribution in [2.75, 3.05) is 0 Å². The summed E-state index contributed by atoms with van der Waals surface area (Å²) in [6, 6.07) is 7.46. The normalized spacial score (nSPS) is 12.8. The van der Waals surface area contributed by atoms with Crippen molar-refractivity contribution in [3.05, 3.63) is 46.3 Å². The van der Waals surface area contributed by atoms with E-state index in [-0.39, 0.29) is 10.8 Å². The second-order valence-corrected chi connectivity index (χ2v) is 7.80. The van der Waals surface area contributed by atoms with Crippen molar-refractivity contribution in [2.45, 2.75) is 51.1 Å². The molecule has 0 spiro atoms. The minimum absolute atomic E-state index is 0.00246. The van der Waals surface area contributed by atoms with Crippen molar-refractivity contribution in [3.8, 4) is 0 Å². The largest absolute Gasteiger partial charge is 0.338 e. The third kappa shape index (κ3) is 3.92. The second kappa shape index (κ2) is 7.39. The average Bonchev–Trinajstić information content (AvgIpc) is 3.01. The van der Waals surface area contributed by atoms with Gasteiger partial charge in [-0.25, -0.2) is 4.98 Å². The van der Waals surface area contributed by atoms with Gasteiger partial charge in [0.25, 0.3) is 5.56 Å². The van der Waals surface area contributed by atoms with Gasteiger partial charge in [0, 0.05) is 6.54 Å². The molecule has 1 unspecified atom stereocenters. The van der Waals surface area contributed by atoms with Gasteiger partial charge in [-0.3, -0.25) is 9.36 Å². The van der Waals surface area contributed by atoms with E-state index < -0.39 is 0 Å². The highest BCUT2D eigenvalue weighted by molar-refractivity contribution is 7.99. The van der Waals surface area contributed by atoms with Gasteiger partial charge in [0.1, 0.15) is 0 Å². The third-order valence-corrected chi connectivity index (χ3v) is 5.01. The topological polar surface area (TPSA) is 73.8 Å². The highest BCUT2D eigenvalue weighted by Crippen LogP contribution is 2.33. The molecular weight excluding hydrogens is 336 g/mol. The van der Waals surface area contributed by atoms with Crippen molar-refractivity contribution < 1.29 is 4.52 Å². The fourth-order valence-electron chi connectivity index (χ4n) is 2.51. The number of fused-ring (bicyclic) bond motifs is 1. The highest BCUT2D eigenvalue weighted by atomic mass is 32.2. The van der Waals surface area contributed by atoms with Crippen molar-refractivity contribution >= 4 is 22.7 Å². The van der Waals surface area contributed by atoms with Gasteiger partial charge in [0.05, 0.1) is 16.2 Å². The van der Waals surface area contributed by atoms with Gasteiger partial charge < -0.3 is 4.52 Å². The summed E-state index contributed by atoms with van der Waals surface area (Å²) < 4.78 is 7.03. The molecule has 132 valence electrons. The maximum Gasteiger partial charge on any atom is 0.262 e. The molecule has 25 heavy (non-hydrogen) atoms. The van der Waals surface area contributed by atoms with Crippen LogP contribution >= 0.6 is 11.8 Å². The smallest absolute Gasteiger partial charge is 0.262 e. The molecule has 7 heteroatoms. The number of thioether (sulfide) groups is 1. The molecule has 0 aliphatic rings. The van der Waals surface area contributed by atoms with Gasteiger partial charge in [0.15, 0.2) is 11.0 Å². The Balaban J connectivity index is 2.01. The number of para-hydroxylation sites is 1. The van der Waals surface area contributed by atoms with E-state index in [4.69, 9.17) is 9.51 Å². The van der Waals surface area contributed by atoms with Crippen molar-refractivity contribution in [3.63, 3.8) is 0 Å². The lowest BCUT2D eigenvalue weighted by Crippen LogP contribution is -2.24. The molecule has 0 bridgehead atoms. The van der Waals surface area contributed by atoms with Crippen LogP contribution in [0.3, 0.4) is 0 Å². The van der Waals surface area contributed by atoms with Crippen LogP contribution in [0.1, 0.15) is 44.2 Å². The summed E-state index contributed by atoms with van der Waals surface area (Å²) in [6.07, 6.45) is 0.918. The quantitative estimate of drug-likeness (QED) is 0.490. The molecule has 0 amide bonds. The summed E-state index contributed by atoms with van der Waals surface area (Å²) in [7, 11) is 0. The molecule has 0 fully saturated rings. The standard InChI is InChI=1S/C18H22N4O2S/c1-11(2)9-10-22-17(23)14-7-5-6-8-15(14)20-18(22)25-12(3)16-19-13(4)21-24-16/h5-8,11-12H,9-10H2,1-4H3. The summed E-state index contributed by atoms with van der Waals surface area (Å²) >= 11 is 1.47. The Morgan fingerprint density at radius 2 is 1.96 bits per heavy atom. The van der Waals surface area contributed by atoms with Crippen molar-refractivity contribution in [1.82, 2.24) is 19.7 Å². The molecule has 0 N–H and O–H groups in total. The third-order valence-electron chi connectivity index (χ3n) is 3.93. The van der Waals surface area contributed by atoms with Crippen LogP contribution in [0.2, 0.25) is 0 Å². The lowest BCUT2D eigenvalue weighted by molar-refractivity contribution is 0.376. The van der Waals surface area contributed by atoms with Crippen LogP contribution in [0.5, 0.6) is 0 Å². The van der Waals surface area contributed by atoms with E-state index in [9.17, 15) is 4.79 Å². The van der Waals surface area contributed by atoms with Crippen molar-refractivity contribution in [2.24, 2.45) is 5.92 Å². The molecule has 2 aromatic heterocycles. The highest BCUT2D eigenvalue weighted by Gasteiger charge is 2.19. The molecule has 6 nitrogen and oxygen atoms in total. The zero-order valence-electron chi connectivity index (χ0n) is 14.9. The SMILES string of the molecule is Cc1noc(C(C)Sc2nc3ccccc3c(=O)n2CCC(C)C)n1. The fraction of sp³-hybridized carbons (Fsp3) is 0.444. The summed E-state index contributed by atoms with van der Waals surface area (Å²) in [5, 5.41) is 5.09. The molecule has 3 aromatic rings. The second-order valence-electron chi connectivity index (χ2n) is 6.49. The number of nitrogens with zero attached hydrogens (tertiary/aromatic N) is 4. The van der Waals surface area contributed by atoms with E-state index in [0.29, 0.717) is 40.2 Å². The minimum Gasteiger partial charge on any atom is -0.338 e. The Morgan fingerprint density at radius 1 is 1.20 bits per heavy atom. The number of aromatic nitrogens is 4. The fourth-order valence-corrected chi connectivity index (χ4v) is 3.47. The zero-order valence-corrected chi connectivity index (χ0v) is 15.7. The molecule has 1 aromatic carbocycles. The van der Waals surface area contributed by atoms with E-state index in [2.05, 4.69) is 24.0 Å². The summed E-state index contributed by atoms with van der Waals surface area (Å²) in [5.74, 6) is 1.65. The summed E-state index contributed by atoms with van der Waals surface area (Å²) in [5.41, 5.74) is 0.715. The van der Waals surface area contributed by atoms with Crippen molar-refractivity contribution in [1.29, 1.82) is 0 Å². The summed E-state index contributed by atoms with van der Waals surface area (Å²) in [6.45, 7) is 8.71. The molecule has 1 atom stereocenters. The lowest BCUT2D eigenvalue weighted by atomic mass is 10.1. The minimum atomic E-state index is -0.0837. The van der Waals surface area contributed by atoms with E-state index in [1.165, 1.54) is 11.8 Å². The number of hydrogen-bond acceptors (Lipinski definition) is 6. The van der Waals surface area contributed by atoms with Crippen LogP contribution in [0.25, 0.3) is 10.9 Å². The first-order valence-corrected chi connectivity index (χ1v) is 9.30. The molecule has 0 aliphatic carbocycles. The molecular formula is C18H22N4O2S. The maximum atomic E-state index is 12.9. The van der Waals surface area contributed by atoms with E-state index in [0.717, 1.165) is 6.42 Å². The first kappa shape index (κ1) is 17.7. The van der Waals surface area contributed by atoms with Crippen LogP contribution in [0.15, 0.2) is 38.7 Å². The van der Waals surface area contributed by atoms with Gasteiger partial charge in [-0.1, -0.05) is 42.9 Å². The van der Waals surface area contributed by atoms with E-state index >= 15 is 0 Å². The molecule has 2 heterocycles. The average molecular weight is 358 g/mol. The Morgan fingerprint density at radius 3 is 2.64 bits per heavy atom. The number of hydrogen-bond donors (Lipinski definition) is 0. The number of rotatable bonds is 6. The van der Waals surface area contributed by atoms with E-state index in [1.54, 1.807) is 11.5 Å². The molecule has 3 rings (SSSR count).